The lowest BCUT2D eigenvalue weighted by atomic mass is 10.1. The molecule has 21 heavy (non-hydrogen) atoms. The average molecular weight is 295 g/mol. The molecule has 1 rings (SSSR count). The van der Waals surface area contributed by atoms with Crippen molar-refractivity contribution in [2.45, 2.75) is 77.8 Å². The van der Waals surface area contributed by atoms with Crippen molar-refractivity contribution in [3.05, 3.63) is 17.8 Å². The second-order valence-corrected chi connectivity index (χ2v) is 5.69. The first kappa shape index (κ1) is 17.7. The van der Waals surface area contributed by atoms with Crippen LogP contribution in [-0.4, -0.2) is 16.9 Å². The zero-order valence-corrected chi connectivity index (χ0v) is 13.5. The van der Waals surface area contributed by atoms with Crippen LogP contribution < -0.4 is 11.1 Å². The van der Waals surface area contributed by atoms with Crippen LogP contribution in [0.1, 0.15) is 88.1 Å². The molecule has 2 unspecified atom stereocenters. The van der Waals surface area contributed by atoms with E-state index >= 15 is 0 Å². The fourth-order valence-corrected chi connectivity index (χ4v) is 2.24. The maximum atomic E-state index is 12.1. The molecule has 0 aliphatic carbocycles. The highest BCUT2D eigenvalue weighted by Gasteiger charge is 2.17. The van der Waals surface area contributed by atoms with Gasteiger partial charge in [-0.15, -0.1) is 0 Å². The molecule has 1 aromatic heterocycles. The Morgan fingerprint density at radius 1 is 1.29 bits per heavy atom. The summed E-state index contributed by atoms with van der Waals surface area (Å²) in [4.78, 5) is 16.3. The number of nitrogens with zero attached hydrogens (tertiary/aromatic N) is 1. The summed E-state index contributed by atoms with van der Waals surface area (Å²) in [7, 11) is 0. The molecule has 0 saturated carbocycles. The predicted molar refractivity (Wildman–Crippen MR) is 84.0 cm³/mol. The molecule has 3 N–H and O–H groups in total. The Labute approximate surface area is 127 Å². The minimum absolute atomic E-state index is 0.152. The monoisotopic (exact) mass is 295 g/mol. The molecule has 0 aliphatic rings. The quantitative estimate of drug-likeness (QED) is 0.647. The van der Waals surface area contributed by atoms with Crippen LogP contribution in [0.15, 0.2) is 10.7 Å². The first-order chi connectivity index (χ1) is 10.1. The third-order valence-corrected chi connectivity index (χ3v) is 3.54. The predicted octanol–water partition coefficient (Wildman–Crippen LogP) is 3.56. The molecular formula is C16H29N3O2. The van der Waals surface area contributed by atoms with Crippen LogP contribution in [0.5, 0.6) is 0 Å². The topological polar surface area (TPSA) is 81.2 Å². The van der Waals surface area contributed by atoms with Crippen LogP contribution in [0.2, 0.25) is 0 Å². The van der Waals surface area contributed by atoms with Crippen molar-refractivity contribution >= 4 is 5.91 Å². The van der Waals surface area contributed by atoms with Crippen LogP contribution >= 0.6 is 0 Å². The van der Waals surface area contributed by atoms with E-state index in [1.807, 2.05) is 6.92 Å². The number of unbranched alkanes of at least 4 members (excludes halogenated alkanes) is 3. The molecule has 5 heteroatoms. The van der Waals surface area contributed by atoms with Crippen LogP contribution in [0.25, 0.3) is 0 Å². The summed E-state index contributed by atoms with van der Waals surface area (Å²) in [6, 6.07) is -0.0816. The number of carbonyl (C=O) groups is 1. The minimum atomic E-state index is -0.233. The number of amides is 1. The molecule has 2 atom stereocenters. The first-order valence-corrected chi connectivity index (χ1v) is 8.10. The summed E-state index contributed by atoms with van der Waals surface area (Å²) >= 11 is 0. The molecule has 0 fully saturated rings. The second-order valence-electron chi connectivity index (χ2n) is 5.69. The van der Waals surface area contributed by atoms with E-state index in [1.165, 1.54) is 25.5 Å². The number of hydrogen-bond acceptors (Lipinski definition) is 4. The van der Waals surface area contributed by atoms with E-state index in [-0.39, 0.29) is 18.0 Å². The Kier molecular flexibility index (Phi) is 8.05. The summed E-state index contributed by atoms with van der Waals surface area (Å²) in [5.74, 6) is 0.259. The maximum absolute atomic E-state index is 12.1. The lowest BCUT2D eigenvalue weighted by Crippen LogP contribution is -2.32. The number of carbonyl (C=O) groups excluding carboxylic acids is 1. The molecule has 0 spiro atoms. The second kappa shape index (κ2) is 9.55. The normalized spacial score (nSPS) is 13.9. The average Bonchev–Trinajstić information content (AvgIpc) is 2.94. The van der Waals surface area contributed by atoms with Crippen LogP contribution in [0.4, 0.5) is 0 Å². The fourth-order valence-electron chi connectivity index (χ4n) is 2.24. The van der Waals surface area contributed by atoms with Gasteiger partial charge in [0.25, 0.3) is 5.91 Å². The molecule has 0 aliphatic heterocycles. The number of rotatable bonds is 10. The van der Waals surface area contributed by atoms with Gasteiger partial charge in [-0.05, 0) is 19.8 Å². The van der Waals surface area contributed by atoms with E-state index in [0.29, 0.717) is 11.6 Å². The number of oxazole rings is 1. The highest BCUT2D eigenvalue weighted by molar-refractivity contribution is 5.92. The van der Waals surface area contributed by atoms with E-state index in [2.05, 4.69) is 24.1 Å². The summed E-state index contributed by atoms with van der Waals surface area (Å²) in [5, 5.41) is 2.96. The number of hydrogen-bond donors (Lipinski definition) is 2. The molecule has 0 aromatic carbocycles. The van der Waals surface area contributed by atoms with Gasteiger partial charge in [-0.1, -0.05) is 46.0 Å². The largest absolute Gasteiger partial charge is 0.446 e. The van der Waals surface area contributed by atoms with Crippen molar-refractivity contribution in [3.8, 4) is 0 Å². The Bertz CT molecular complexity index is 417. The van der Waals surface area contributed by atoms with E-state index in [4.69, 9.17) is 10.2 Å². The lowest BCUT2D eigenvalue weighted by Gasteiger charge is -2.12. The zero-order valence-electron chi connectivity index (χ0n) is 13.5. The standard InChI is InChI=1S/C16H29N3O2/c1-4-6-7-8-10-12(3)18-15(20)14-11-21-16(19-14)13(17)9-5-2/h11-13H,4-10,17H2,1-3H3,(H,18,20). The van der Waals surface area contributed by atoms with E-state index in [9.17, 15) is 4.79 Å². The fraction of sp³-hybridized carbons (Fsp3) is 0.750. The summed E-state index contributed by atoms with van der Waals surface area (Å²) < 4.78 is 5.30. The molecule has 1 aromatic rings. The Hall–Kier alpha value is -1.36. The first-order valence-electron chi connectivity index (χ1n) is 8.10. The van der Waals surface area contributed by atoms with Crippen molar-refractivity contribution in [2.24, 2.45) is 5.73 Å². The molecule has 0 bridgehead atoms. The molecule has 0 saturated heterocycles. The summed E-state index contributed by atoms with van der Waals surface area (Å²) in [6.07, 6.45) is 8.98. The molecule has 120 valence electrons. The van der Waals surface area contributed by atoms with Crippen molar-refractivity contribution in [2.75, 3.05) is 0 Å². The van der Waals surface area contributed by atoms with Crippen molar-refractivity contribution in [3.63, 3.8) is 0 Å². The van der Waals surface area contributed by atoms with Gasteiger partial charge in [0.15, 0.2) is 5.69 Å². The van der Waals surface area contributed by atoms with Gasteiger partial charge in [0.05, 0.1) is 6.04 Å². The van der Waals surface area contributed by atoms with Crippen LogP contribution in [0.3, 0.4) is 0 Å². The van der Waals surface area contributed by atoms with Gasteiger partial charge < -0.3 is 15.5 Å². The van der Waals surface area contributed by atoms with Crippen LogP contribution in [0, 0.1) is 0 Å². The van der Waals surface area contributed by atoms with Crippen LogP contribution in [-0.2, 0) is 0 Å². The number of aromatic nitrogens is 1. The lowest BCUT2D eigenvalue weighted by molar-refractivity contribution is 0.0932. The SMILES string of the molecule is CCCCCCC(C)NC(=O)c1coc(C(N)CCC)n1. The van der Waals surface area contributed by atoms with Gasteiger partial charge in [0.2, 0.25) is 5.89 Å². The Balaban J connectivity index is 2.41. The highest BCUT2D eigenvalue weighted by Crippen LogP contribution is 2.15. The number of nitrogens with one attached hydrogen (secondary N) is 1. The molecular weight excluding hydrogens is 266 g/mol. The van der Waals surface area contributed by atoms with Crippen molar-refractivity contribution in [1.82, 2.24) is 10.3 Å². The van der Waals surface area contributed by atoms with E-state index < -0.39 is 0 Å². The van der Waals surface area contributed by atoms with Gasteiger partial charge in [-0.3, -0.25) is 4.79 Å². The maximum Gasteiger partial charge on any atom is 0.273 e. The highest BCUT2D eigenvalue weighted by atomic mass is 16.3. The van der Waals surface area contributed by atoms with Gasteiger partial charge >= 0.3 is 0 Å². The number of nitrogens with two attached hydrogens (primary N) is 1. The van der Waals surface area contributed by atoms with Crippen molar-refractivity contribution < 1.29 is 9.21 Å². The Morgan fingerprint density at radius 2 is 2.05 bits per heavy atom. The third-order valence-electron chi connectivity index (χ3n) is 3.54. The smallest absolute Gasteiger partial charge is 0.273 e. The summed E-state index contributed by atoms with van der Waals surface area (Å²) in [6.45, 7) is 6.26. The zero-order chi connectivity index (χ0) is 15.7. The molecule has 0 radical (unpaired) electrons. The Morgan fingerprint density at radius 3 is 2.71 bits per heavy atom. The van der Waals surface area contributed by atoms with Gasteiger partial charge in [-0.2, -0.15) is 0 Å². The van der Waals surface area contributed by atoms with E-state index in [0.717, 1.165) is 25.7 Å². The molecule has 1 heterocycles. The van der Waals surface area contributed by atoms with Gasteiger partial charge in [-0.25, -0.2) is 4.98 Å². The molecule has 5 nitrogen and oxygen atoms in total. The van der Waals surface area contributed by atoms with Gasteiger partial charge in [0, 0.05) is 6.04 Å². The third kappa shape index (κ3) is 6.29. The van der Waals surface area contributed by atoms with E-state index in [1.54, 1.807) is 0 Å². The van der Waals surface area contributed by atoms with Gasteiger partial charge in [0.1, 0.15) is 6.26 Å². The molecule has 1 amide bonds. The minimum Gasteiger partial charge on any atom is -0.446 e. The summed E-state index contributed by atoms with van der Waals surface area (Å²) in [5.41, 5.74) is 6.24. The van der Waals surface area contributed by atoms with Crippen molar-refractivity contribution in [1.29, 1.82) is 0 Å².